The lowest BCUT2D eigenvalue weighted by molar-refractivity contribution is -0.131. The van der Waals surface area contributed by atoms with Crippen molar-refractivity contribution >= 4 is 15.9 Å². The molecule has 2 heterocycles. The van der Waals surface area contributed by atoms with Crippen molar-refractivity contribution < 1.29 is 13.2 Å². The maximum Gasteiger partial charge on any atom is 0.243 e. The van der Waals surface area contributed by atoms with E-state index in [-0.39, 0.29) is 18.9 Å². The van der Waals surface area contributed by atoms with Crippen LogP contribution in [0.15, 0.2) is 23.1 Å². The minimum atomic E-state index is -3.67. The lowest BCUT2D eigenvalue weighted by Gasteiger charge is -2.35. The van der Waals surface area contributed by atoms with E-state index in [2.05, 4.69) is 17.1 Å². The monoisotopic (exact) mass is 450 g/mol. The molecule has 174 valence electrons. The van der Waals surface area contributed by atoms with Crippen LogP contribution in [-0.2, 0) is 14.8 Å². The summed E-state index contributed by atoms with van der Waals surface area (Å²) in [6.45, 7) is 11.3. The molecule has 0 unspecified atom stereocenters. The third-order valence-corrected chi connectivity index (χ3v) is 8.63. The summed E-state index contributed by atoms with van der Waals surface area (Å²) < 4.78 is 28.7. The Kier molecular flexibility index (Phi) is 8.50. The van der Waals surface area contributed by atoms with E-state index in [9.17, 15) is 13.2 Å². The van der Waals surface area contributed by atoms with Crippen molar-refractivity contribution in [3.63, 3.8) is 0 Å². The highest BCUT2D eigenvalue weighted by atomic mass is 32.2. The molecule has 2 fully saturated rings. The second-order valence-electron chi connectivity index (χ2n) is 8.93. The van der Waals surface area contributed by atoms with Gasteiger partial charge in [-0.15, -0.1) is 0 Å². The Morgan fingerprint density at radius 3 is 2.55 bits per heavy atom. The third kappa shape index (κ3) is 6.28. The van der Waals surface area contributed by atoms with Crippen molar-refractivity contribution in [2.45, 2.75) is 57.4 Å². The van der Waals surface area contributed by atoms with Crippen molar-refractivity contribution in [2.75, 3.05) is 52.4 Å². The number of carbonyl (C=O) groups excluding carboxylic acids is 1. The number of amides is 1. The number of sulfonamides is 1. The van der Waals surface area contributed by atoms with Gasteiger partial charge in [0.15, 0.2) is 0 Å². The summed E-state index contributed by atoms with van der Waals surface area (Å²) in [5, 5.41) is 3.25. The zero-order valence-electron chi connectivity index (χ0n) is 19.3. The molecular formula is C23H38N4O3S. The molecule has 1 aromatic rings. The van der Waals surface area contributed by atoms with Crippen LogP contribution in [0.1, 0.15) is 43.7 Å². The van der Waals surface area contributed by atoms with Crippen molar-refractivity contribution in [1.29, 1.82) is 0 Å². The molecule has 3 rings (SSSR count). The fourth-order valence-corrected chi connectivity index (χ4v) is 6.24. The fourth-order valence-electron chi connectivity index (χ4n) is 4.60. The van der Waals surface area contributed by atoms with Crippen LogP contribution in [-0.4, -0.2) is 86.8 Å². The molecule has 0 saturated carbocycles. The molecule has 2 aliphatic rings. The molecule has 0 aliphatic carbocycles. The normalized spacial score (nSPS) is 20.9. The molecule has 0 bridgehead atoms. The van der Waals surface area contributed by atoms with Gasteiger partial charge in [0.1, 0.15) is 0 Å². The number of nitrogens with zero attached hydrogens (tertiary/aromatic N) is 3. The topological polar surface area (TPSA) is 73.0 Å². The SMILES string of the molecule is Cc1ccc(S(=O)(=O)N(CCC(=O)N2CCNCC2)CCN2CCCC[C@H]2C)c(C)c1. The minimum absolute atomic E-state index is 0.0358. The van der Waals surface area contributed by atoms with Gasteiger partial charge in [-0.25, -0.2) is 8.42 Å². The first-order valence-electron chi connectivity index (χ1n) is 11.6. The Morgan fingerprint density at radius 1 is 1.13 bits per heavy atom. The Morgan fingerprint density at radius 2 is 1.87 bits per heavy atom. The highest BCUT2D eigenvalue weighted by Crippen LogP contribution is 2.22. The number of benzene rings is 1. The molecule has 1 atom stereocenters. The van der Waals surface area contributed by atoms with Crippen LogP contribution in [0.4, 0.5) is 0 Å². The maximum atomic E-state index is 13.6. The van der Waals surface area contributed by atoms with Crippen LogP contribution in [0.2, 0.25) is 0 Å². The summed E-state index contributed by atoms with van der Waals surface area (Å²) >= 11 is 0. The Labute approximate surface area is 187 Å². The molecule has 8 heteroatoms. The first-order chi connectivity index (χ1) is 14.8. The van der Waals surface area contributed by atoms with E-state index in [0.717, 1.165) is 43.6 Å². The predicted octanol–water partition coefficient (Wildman–Crippen LogP) is 1.99. The molecule has 1 N–H and O–H groups in total. The first kappa shape index (κ1) is 24.2. The van der Waals surface area contributed by atoms with Gasteiger partial charge in [-0.3, -0.25) is 9.69 Å². The zero-order chi connectivity index (χ0) is 22.4. The van der Waals surface area contributed by atoms with Gasteiger partial charge in [0.25, 0.3) is 0 Å². The number of piperidine rings is 1. The predicted molar refractivity (Wildman–Crippen MR) is 124 cm³/mol. The minimum Gasteiger partial charge on any atom is -0.340 e. The number of aryl methyl sites for hydroxylation is 2. The molecule has 0 radical (unpaired) electrons. The van der Waals surface area contributed by atoms with E-state index in [1.165, 1.54) is 10.7 Å². The molecule has 1 aromatic carbocycles. The summed E-state index contributed by atoms with van der Waals surface area (Å²) in [6, 6.07) is 5.93. The Hall–Kier alpha value is -1.48. The Balaban J connectivity index is 1.74. The summed E-state index contributed by atoms with van der Waals surface area (Å²) in [6.07, 6.45) is 3.78. The summed E-state index contributed by atoms with van der Waals surface area (Å²) in [4.78, 5) is 17.3. The molecule has 7 nitrogen and oxygen atoms in total. The summed E-state index contributed by atoms with van der Waals surface area (Å²) in [5.41, 5.74) is 1.80. The summed E-state index contributed by atoms with van der Waals surface area (Å²) in [5.74, 6) is 0.0358. The van der Waals surface area contributed by atoms with E-state index >= 15 is 0 Å². The van der Waals surface area contributed by atoms with Crippen LogP contribution in [0.5, 0.6) is 0 Å². The van der Waals surface area contributed by atoms with E-state index < -0.39 is 10.0 Å². The number of carbonyl (C=O) groups is 1. The van der Waals surface area contributed by atoms with Crippen LogP contribution in [0.3, 0.4) is 0 Å². The third-order valence-electron chi connectivity index (χ3n) is 6.57. The molecule has 31 heavy (non-hydrogen) atoms. The number of hydrogen-bond donors (Lipinski definition) is 1. The van der Waals surface area contributed by atoms with Gasteiger partial charge < -0.3 is 10.2 Å². The number of likely N-dealkylation sites (tertiary alicyclic amines) is 1. The lowest BCUT2D eigenvalue weighted by atomic mass is 10.0. The van der Waals surface area contributed by atoms with Gasteiger partial charge in [0.05, 0.1) is 4.90 Å². The standard InChI is InChI=1S/C23H38N4O3S/c1-19-7-8-22(20(2)18-19)31(29,30)27(17-16-25-12-5-4-6-21(25)3)13-9-23(28)26-14-10-24-11-15-26/h7-8,18,21,24H,4-6,9-17H2,1-3H3/t21-/m1/s1. The number of piperazine rings is 1. The average Bonchev–Trinajstić information content (AvgIpc) is 2.74. The highest BCUT2D eigenvalue weighted by Gasteiger charge is 2.29. The van der Waals surface area contributed by atoms with Crippen molar-refractivity contribution in [1.82, 2.24) is 19.4 Å². The van der Waals surface area contributed by atoms with Crippen LogP contribution >= 0.6 is 0 Å². The number of rotatable bonds is 8. The van der Waals surface area contributed by atoms with E-state index in [0.29, 0.717) is 37.1 Å². The van der Waals surface area contributed by atoms with Gasteiger partial charge in [0, 0.05) is 58.3 Å². The molecule has 1 amide bonds. The van der Waals surface area contributed by atoms with Gasteiger partial charge in [-0.05, 0) is 51.8 Å². The van der Waals surface area contributed by atoms with Crippen LogP contribution in [0.25, 0.3) is 0 Å². The first-order valence-corrected chi connectivity index (χ1v) is 13.0. The average molecular weight is 451 g/mol. The van der Waals surface area contributed by atoms with Crippen molar-refractivity contribution in [3.05, 3.63) is 29.3 Å². The number of nitrogens with one attached hydrogen (secondary N) is 1. The van der Waals surface area contributed by atoms with Crippen LogP contribution in [0, 0.1) is 13.8 Å². The van der Waals surface area contributed by atoms with Gasteiger partial charge in [0.2, 0.25) is 15.9 Å². The van der Waals surface area contributed by atoms with E-state index in [1.807, 2.05) is 30.9 Å². The van der Waals surface area contributed by atoms with E-state index in [4.69, 9.17) is 0 Å². The second kappa shape index (κ2) is 10.9. The molecule has 2 aliphatic heterocycles. The fraction of sp³-hybridized carbons (Fsp3) is 0.696. The largest absolute Gasteiger partial charge is 0.340 e. The molecule has 2 saturated heterocycles. The van der Waals surface area contributed by atoms with Crippen molar-refractivity contribution in [2.24, 2.45) is 0 Å². The smallest absolute Gasteiger partial charge is 0.243 e. The maximum absolute atomic E-state index is 13.6. The lowest BCUT2D eigenvalue weighted by Crippen LogP contribution is -2.48. The second-order valence-corrected chi connectivity index (χ2v) is 10.8. The molecule has 0 spiro atoms. The van der Waals surface area contributed by atoms with Crippen molar-refractivity contribution in [3.8, 4) is 0 Å². The van der Waals surface area contributed by atoms with E-state index in [1.54, 1.807) is 6.07 Å². The quantitative estimate of drug-likeness (QED) is 0.656. The van der Waals surface area contributed by atoms with Gasteiger partial charge in [-0.1, -0.05) is 24.1 Å². The molecular weight excluding hydrogens is 412 g/mol. The van der Waals surface area contributed by atoms with Crippen LogP contribution < -0.4 is 5.32 Å². The summed E-state index contributed by atoms with van der Waals surface area (Å²) in [7, 11) is -3.67. The Bertz CT molecular complexity index is 852. The zero-order valence-corrected chi connectivity index (χ0v) is 20.1. The van der Waals surface area contributed by atoms with Gasteiger partial charge >= 0.3 is 0 Å². The van der Waals surface area contributed by atoms with Gasteiger partial charge in [-0.2, -0.15) is 4.31 Å². The number of hydrogen-bond acceptors (Lipinski definition) is 5. The molecule has 0 aromatic heterocycles. The highest BCUT2D eigenvalue weighted by molar-refractivity contribution is 7.89.